The van der Waals surface area contributed by atoms with Gasteiger partial charge in [-0.25, -0.2) is 8.42 Å². The zero-order chi connectivity index (χ0) is 19.0. The molecule has 0 saturated carbocycles. The van der Waals surface area contributed by atoms with Gasteiger partial charge in [-0.1, -0.05) is 0 Å². The van der Waals surface area contributed by atoms with Gasteiger partial charge in [0.15, 0.2) is 0 Å². The van der Waals surface area contributed by atoms with Crippen molar-refractivity contribution >= 4 is 21.6 Å². The molecular weight excluding hydrogens is 368 g/mol. The highest BCUT2D eigenvalue weighted by atomic mass is 32.2. The Morgan fingerprint density at radius 3 is 2.67 bits per heavy atom. The van der Waals surface area contributed by atoms with E-state index in [2.05, 4.69) is 5.32 Å². The lowest BCUT2D eigenvalue weighted by Crippen LogP contribution is -2.28. The number of anilines is 1. The zero-order valence-corrected chi connectivity index (χ0v) is 15.5. The molecule has 142 valence electrons. The molecule has 1 amide bonds. The van der Waals surface area contributed by atoms with Crippen molar-refractivity contribution in [2.45, 2.75) is 24.2 Å². The van der Waals surface area contributed by atoms with Crippen molar-refractivity contribution < 1.29 is 23.1 Å². The number of fused-ring (bicyclic) bond motifs is 1. The molecular formula is C19H20N2O5S. The summed E-state index contributed by atoms with van der Waals surface area (Å²) in [4.78, 5) is 12.6. The van der Waals surface area contributed by atoms with E-state index in [4.69, 9.17) is 4.74 Å². The van der Waals surface area contributed by atoms with Crippen LogP contribution in [0.25, 0.3) is 0 Å². The standard InChI is InChI=1S/C19H20N2O5S/c22-17-5-4-15(27(24,25)21-8-1-2-9-21)12-16(17)20-19(23)14-3-6-18-13(11-14)7-10-26-18/h3-6,11-12,22H,1-2,7-10H2,(H,20,23). The molecule has 2 heterocycles. The highest BCUT2D eigenvalue weighted by Crippen LogP contribution is 2.30. The van der Waals surface area contributed by atoms with Gasteiger partial charge >= 0.3 is 0 Å². The maximum absolute atomic E-state index is 12.7. The first-order valence-corrected chi connectivity index (χ1v) is 10.3. The van der Waals surface area contributed by atoms with Gasteiger partial charge in [0, 0.05) is 25.1 Å². The van der Waals surface area contributed by atoms with Crippen molar-refractivity contribution in [1.82, 2.24) is 4.31 Å². The molecule has 2 N–H and O–H groups in total. The number of nitrogens with one attached hydrogen (secondary N) is 1. The summed E-state index contributed by atoms with van der Waals surface area (Å²) in [5, 5.41) is 12.7. The van der Waals surface area contributed by atoms with Crippen LogP contribution >= 0.6 is 0 Å². The summed E-state index contributed by atoms with van der Waals surface area (Å²) in [6.07, 6.45) is 2.41. The lowest BCUT2D eigenvalue weighted by atomic mass is 10.1. The summed E-state index contributed by atoms with van der Waals surface area (Å²) >= 11 is 0. The largest absolute Gasteiger partial charge is 0.506 e. The van der Waals surface area contributed by atoms with Crippen LogP contribution in [0.2, 0.25) is 0 Å². The number of sulfonamides is 1. The summed E-state index contributed by atoms with van der Waals surface area (Å²) in [6, 6.07) is 9.07. The molecule has 0 aromatic heterocycles. The topological polar surface area (TPSA) is 95.9 Å². The van der Waals surface area contributed by atoms with E-state index < -0.39 is 15.9 Å². The Balaban J connectivity index is 1.59. The fourth-order valence-corrected chi connectivity index (χ4v) is 4.92. The number of phenolic OH excluding ortho intramolecular Hbond substituents is 1. The Kier molecular flexibility index (Phi) is 4.53. The molecule has 2 aliphatic rings. The quantitative estimate of drug-likeness (QED) is 0.784. The van der Waals surface area contributed by atoms with E-state index in [1.54, 1.807) is 18.2 Å². The minimum Gasteiger partial charge on any atom is -0.506 e. The molecule has 2 aromatic carbocycles. The fraction of sp³-hybridized carbons (Fsp3) is 0.316. The summed E-state index contributed by atoms with van der Waals surface area (Å²) in [7, 11) is -3.63. The number of phenols is 1. The molecule has 2 aliphatic heterocycles. The number of hydrogen-bond acceptors (Lipinski definition) is 5. The molecule has 0 atom stereocenters. The number of nitrogens with zero attached hydrogens (tertiary/aromatic N) is 1. The first-order valence-electron chi connectivity index (χ1n) is 8.85. The number of carbonyl (C=O) groups is 1. The lowest BCUT2D eigenvalue weighted by molar-refractivity contribution is 0.102. The van der Waals surface area contributed by atoms with Gasteiger partial charge in [0.2, 0.25) is 10.0 Å². The number of benzene rings is 2. The molecule has 0 bridgehead atoms. The number of carbonyl (C=O) groups excluding carboxylic acids is 1. The summed E-state index contributed by atoms with van der Waals surface area (Å²) in [5.74, 6) is 0.164. The van der Waals surface area contributed by atoms with E-state index in [1.807, 2.05) is 0 Å². The Morgan fingerprint density at radius 1 is 1.11 bits per heavy atom. The molecule has 27 heavy (non-hydrogen) atoms. The van der Waals surface area contributed by atoms with Crippen LogP contribution in [-0.2, 0) is 16.4 Å². The molecule has 1 fully saturated rings. The van der Waals surface area contributed by atoms with E-state index in [9.17, 15) is 18.3 Å². The first-order chi connectivity index (χ1) is 12.9. The molecule has 0 unspecified atom stereocenters. The maximum atomic E-state index is 12.7. The van der Waals surface area contributed by atoms with Crippen molar-refractivity contribution in [3.63, 3.8) is 0 Å². The van der Waals surface area contributed by atoms with Crippen LogP contribution in [0.4, 0.5) is 5.69 Å². The van der Waals surface area contributed by atoms with E-state index in [0.29, 0.717) is 25.3 Å². The van der Waals surface area contributed by atoms with Crippen molar-refractivity contribution in [1.29, 1.82) is 0 Å². The third-order valence-electron chi connectivity index (χ3n) is 4.87. The second-order valence-corrected chi connectivity index (χ2v) is 8.60. The van der Waals surface area contributed by atoms with Gasteiger partial charge in [0.1, 0.15) is 11.5 Å². The Hall–Kier alpha value is -2.58. The van der Waals surface area contributed by atoms with Crippen molar-refractivity contribution in [3.05, 3.63) is 47.5 Å². The smallest absolute Gasteiger partial charge is 0.255 e. The first kappa shape index (κ1) is 17.8. The minimum atomic E-state index is -3.63. The molecule has 0 spiro atoms. The minimum absolute atomic E-state index is 0.0554. The van der Waals surface area contributed by atoms with E-state index in [0.717, 1.165) is 30.6 Å². The van der Waals surface area contributed by atoms with E-state index in [1.165, 1.54) is 22.5 Å². The van der Waals surface area contributed by atoms with Crippen LogP contribution in [-0.4, -0.2) is 43.4 Å². The molecule has 4 rings (SSSR count). The average molecular weight is 388 g/mol. The van der Waals surface area contributed by atoms with Crippen LogP contribution in [0.3, 0.4) is 0 Å². The summed E-state index contributed by atoms with van der Waals surface area (Å²) in [6.45, 7) is 1.57. The van der Waals surface area contributed by atoms with Crippen molar-refractivity contribution in [2.24, 2.45) is 0 Å². The third kappa shape index (κ3) is 3.38. The monoisotopic (exact) mass is 388 g/mol. The molecule has 8 heteroatoms. The summed E-state index contributed by atoms with van der Waals surface area (Å²) in [5.41, 5.74) is 1.45. The van der Waals surface area contributed by atoms with Crippen LogP contribution in [0.5, 0.6) is 11.5 Å². The number of amides is 1. The van der Waals surface area contributed by atoms with Crippen LogP contribution in [0.1, 0.15) is 28.8 Å². The SMILES string of the molecule is O=C(Nc1cc(S(=O)(=O)N2CCCC2)ccc1O)c1ccc2c(c1)CCO2. The molecule has 1 saturated heterocycles. The normalized spacial score (nSPS) is 16.7. The lowest BCUT2D eigenvalue weighted by Gasteiger charge is -2.16. The van der Waals surface area contributed by atoms with Gasteiger partial charge in [0.25, 0.3) is 5.91 Å². The van der Waals surface area contributed by atoms with E-state index >= 15 is 0 Å². The second-order valence-electron chi connectivity index (χ2n) is 6.67. The van der Waals surface area contributed by atoms with Crippen LogP contribution < -0.4 is 10.1 Å². The third-order valence-corrected chi connectivity index (χ3v) is 6.77. The average Bonchev–Trinajstić information content (AvgIpc) is 3.34. The van der Waals surface area contributed by atoms with Crippen LogP contribution in [0.15, 0.2) is 41.3 Å². The predicted molar refractivity (Wildman–Crippen MR) is 99.7 cm³/mol. The zero-order valence-electron chi connectivity index (χ0n) is 14.6. The molecule has 0 radical (unpaired) electrons. The Labute approximate surface area is 157 Å². The van der Waals surface area contributed by atoms with Crippen molar-refractivity contribution in [3.8, 4) is 11.5 Å². The van der Waals surface area contributed by atoms with Gasteiger partial charge in [-0.2, -0.15) is 4.31 Å². The summed E-state index contributed by atoms with van der Waals surface area (Å²) < 4.78 is 32.3. The number of hydrogen-bond donors (Lipinski definition) is 2. The highest BCUT2D eigenvalue weighted by Gasteiger charge is 2.28. The van der Waals surface area contributed by atoms with Gasteiger partial charge < -0.3 is 15.2 Å². The van der Waals surface area contributed by atoms with Gasteiger partial charge in [-0.15, -0.1) is 0 Å². The van der Waals surface area contributed by atoms with Gasteiger partial charge in [0.05, 0.1) is 17.2 Å². The number of ether oxygens (including phenoxy) is 1. The molecule has 7 nitrogen and oxygen atoms in total. The fourth-order valence-electron chi connectivity index (χ4n) is 3.38. The molecule has 0 aliphatic carbocycles. The Bertz CT molecular complexity index is 997. The maximum Gasteiger partial charge on any atom is 0.255 e. The predicted octanol–water partition coefficient (Wildman–Crippen LogP) is 2.36. The van der Waals surface area contributed by atoms with Gasteiger partial charge in [-0.05, 0) is 54.8 Å². The Morgan fingerprint density at radius 2 is 1.89 bits per heavy atom. The molecule has 2 aromatic rings. The van der Waals surface area contributed by atoms with Gasteiger partial charge in [-0.3, -0.25) is 4.79 Å². The number of rotatable bonds is 4. The highest BCUT2D eigenvalue weighted by molar-refractivity contribution is 7.89. The van der Waals surface area contributed by atoms with Crippen LogP contribution in [0, 0.1) is 0 Å². The number of aromatic hydroxyl groups is 1. The van der Waals surface area contributed by atoms with E-state index in [-0.39, 0.29) is 16.3 Å². The second kappa shape index (κ2) is 6.86. The van der Waals surface area contributed by atoms with Crippen molar-refractivity contribution in [2.75, 3.05) is 25.0 Å².